The van der Waals surface area contributed by atoms with Crippen LogP contribution < -0.4 is 9.47 Å². The highest BCUT2D eigenvalue weighted by molar-refractivity contribution is 5.78. The van der Waals surface area contributed by atoms with Crippen LogP contribution in [0.25, 0.3) is 0 Å². The maximum absolute atomic E-state index is 13.6. The first-order valence-electron chi connectivity index (χ1n) is 8.17. The third kappa shape index (κ3) is 4.48. The van der Waals surface area contributed by atoms with Crippen LogP contribution in [-0.4, -0.2) is 41.7 Å². The van der Waals surface area contributed by atoms with Gasteiger partial charge in [-0.15, -0.1) is 0 Å². The number of ether oxygens (including phenoxy) is 2. The molecular formula is C19H20FNO4. The molecule has 6 heteroatoms. The maximum atomic E-state index is 13.6. The molecule has 2 aromatic rings. The van der Waals surface area contributed by atoms with E-state index in [4.69, 9.17) is 14.6 Å². The van der Waals surface area contributed by atoms with Gasteiger partial charge in [-0.2, -0.15) is 0 Å². The van der Waals surface area contributed by atoms with Gasteiger partial charge < -0.3 is 19.5 Å². The standard InChI is InChI=1S/C19H20FNO4/c20-17-3-1-2-4-18(17)25-16-9-10-21(11-16)19(23)13-24-15-7-5-14(12-22)6-8-15/h1-8,16,22H,9-13H2/t16-/m0/s1. The molecule has 0 spiro atoms. The summed E-state index contributed by atoms with van der Waals surface area (Å²) in [6, 6.07) is 13.2. The minimum Gasteiger partial charge on any atom is -0.485 e. The van der Waals surface area contributed by atoms with Crippen LogP contribution in [0.15, 0.2) is 48.5 Å². The number of benzene rings is 2. The number of aliphatic hydroxyl groups excluding tert-OH is 1. The lowest BCUT2D eigenvalue weighted by molar-refractivity contribution is -0.132. The summed E-state index contributed by atoms with van der Waals surface area (Å²) >= 11 is 0. The van der Waals surface area contributed by atoms with Crippen LogP contribution in [0.1, 0.15) is 12.0 Å². The SMILES string of the molecule is O=C(COc1ccc(CO)cc1)N1CC[C@H](Oc2ccccc2F)C1. The third-order valence-corrected chi connectivity index (χ3v) is 4.10. The lowest BCUT2D eigenvalue weighted by Gasteiger charge is -2.18. The van der Waals surface area contributed by atoms with E-state index in [1.807, 2.05) is 0 Å². The first-order valence-corrected chi connectivity index (χ1v) is 8.17. The Bertz CT molecular complexity index is 720. The van der Waals surface area contributed by atoms with Crippen LogP contribution in [0.2, 0.25) is 0 Å². The van der Waals surface area contributed by atoms with Gasteiger partial charge in [0.15, 0.2) is 18.2 Å². The van der Waals surface area contributed by atoms with E-state index in [-0.39, 0.29) is 31.0 Å². The van der Waals surface area contributed by atoms with Gasteiger partial charge in [0.05, 0.1) is 13.2 Å². The van der Waals surface area contributed by atoms with Crippen molar-refractivity contribution in [1.82, 2.24) is 4.90 Å². The molecular weight excluding hydrogens is 325 g/mol. The molecule has 25 heavy (non-hydrogen) atoms. The maximum Gasteiger partial charge on any atom is 0.260 e. The molecule has 1 amide bonds. The summed E-state index contributed by atoms with van der Waals surface area (Å²) in [5.41, 5.74) is 0.784. The van der Waals surface area contributed by atoms with E-state index in [1.165, 1.54) is 6.07 Å². The molecule has 0 aromatic heterocycles. The quantitative estimate of drug-likeness (QED) is 0.873. The number of amides is 1. The number of hydrogen-bond donors (Lipinski definition) is 1. The Morgan fingerprint density at radius 3 is 2.68 bits per heavy atom. The van der Waals surface area contributed by atoms with Crippen molar-refractivity contribution in [3.05, 3.63) is 59.9 Å². The third-order valence-electron chi connectivity index (χ3n) is 4.10. The average Bonchev–Trinajstić information content (AvgIpc) is 3.11. The second kappa shape index (κ2) is 7.98. The second-order valence-corrected chi connectivity index (χ2v) is 5.89. The molecule has 1 atom stereocenters. The van der Waals surface area contributed by atoms with Crippen LogP contribution in [-0.2, 0) is 11.4 Å². The number of likely N-dealkylation sites (tertiary alicyclic amines) is 1. The monoisotopic (exact) mass is 345 g/mol. The predicted octanol–water partition coefficient (Wildman–Crippen LogP) is 2.38. The molecule has 5 nitrogen and oxygen atoms in total. The van der Waals surface area contributed by atoms with Crippen molar-refractivity contribution in [3.8, 4) is 11.5 Å². The molecule has 1 N–H and O–H groups in total. The molecule has 1 fully saturated rings. The number of carbonyl (C=O) groups excluding carboxylic acids is 1. The number of aliphatic hydroxyl groups is 1. The fourth-order valence-electron chi connectivity index (χ4n) is 2.70. The van der Waals surface area contributed by atoms with Crippen molar-refractivity contribution in [3.63, 3.8) is 0 Å². The molecule has 0 bridgehead atoms. The van der Waals surface area contributed by atoms with Crippen molar-refractivity contribution < 1.29 is 23.8 Å². The molecule has 1 heterocycles. The van der Waals surface area contributed by atoms with E-state index in [0.29, 0.717) is 25.3 Å². The van der Waals surface area contributed by atoms with E-state index in [9.17, 15) is 9.18 Å². The number of rotatable bonds is 6. The zero-order valence-electron chi connectivity index (χ0n) is 13.7. The van der Waals surface area contributed by atoms with E-state index >= 15 is 0 Å². The fourth-order valence-corrected chi connectivity index (χ4v) is 2.70. The van der Waals surface area contributed by atoms with Crippen LogP contribution in [0.5, 0.6) is 11.5 Å². The molecule has 0 unspecified atom stereocenters. The van der Waals surface area contributed by atoms with Gasteiger partial charge in [-0.05, 0) is 29.8 Å². The highest BCUT2D eigenvalue weighted by Gasteiger charge is 2.28. The van der Waals surface area contributed by atoms with Crippen LogP contribution in [0, 0.1) is 5.82 Å². The number of carbonyl (C=O) groups is 1. The van der Waals surface area contributed by atoms with E-state index in [0.717, 1.165) is 5.56 Å². The Labute approximate surface area is 145 Å². The van der Waals surface area contributed by atoms with Crippen LogP contribution in [0.3, 0.4) is 0 Å². The molecule has 1 saturated heterocycles. The number of para-hydroxylation sites is 1. The molecule has 0 radical (unpaired) electrons. The summed E-state index contributed by atoms with van der Waals surface area (Å²) in [6.07, 6.45) is 0.440. The Morgan fingerprint density at radius 2 is 1.96 bits per heavy atom. The van der Waals surface area contributed by atoms with E-state index < -0.39 is 5.82 Å². The average molecular weight is 345 g/mol. The van der Waals surface area contributed by atoms with Crippen molar-refractivity contribution in [2.75, 3.05) is 19.7 Å². The van der Waals surface area contributed by atoms with Gasteiger partial charge in [-0.25, -0.2) is 4.39 Å². The van der Waals surface area contributed by atoms with Crippen molar-refractivity contribution >= 4 is 5.91 Å². The predicted molar refractivity (Wildman–Crippen MR) is 89.9 cm³/mol. The smallest absolute Gasteiger partial charge is 0.260 e. The van der Waals surface area contributed by atoms with Gasteiger partial charge in [0.2, 0.25) is 0 Å². The first kappa shape index (κ1) is 17.2. The van der Waals surface area contributed by atoms with Crippen molar-refractivity contribution in [1.29, 1.82) is 0 Å². The zero-order chi connectivity index (χ0) is 17.6. The molecule has 0 aliphatic carbocycles. The molecule has 3 rings (SSSR count). The van der Waals surface area contributed by atoms with Gasteiger partial charge >= 0.3 is 0 Å². The van der Waals surface area contributed by atoms with Crippen LogP contribution in [0.4, 0.5) is 4.39 Å². The minimum absolute atomic E-state index is 0.0314. The number of halogens is 1. The Balaban J connectivity index is 1.48. The minimum atomic E-state index is -0.401. The van der Waals surface area contributed by atoms with Gasteiger partial charge in [0.1, 0.15) is 11.9 Å². The first-order chi connectivity index (χ1) is 12.2. The number of hydrogen-bond acceptors (Lipinski definition) is 4. The summed E-state index contributed by atoms with van der Waals surface area (Å²) in [6.45, 7) is 0.881. The molecule has 1 aliphatic rings. The molecule has 0 saturated carbocycles. The summed E-state index contributed by atoms with van der Waals surface area (Å²) < 4.78 is 24.7. The van der Waals surface area contributed by atoms with Gasteiger partial charge in [-0.1, -0.05) is 24.3 Å². The van der Waals surface area contributed by atoms with Gasteiger partial charge in [-0.3, -0.25) is 4.79 Å². The second-order valence-electron chi connectivity index (χ2n) is 5.89. The lowest BCUT2D eigenvalue weighted by Crippen LogP contribution is -2.34. The van der Waals surface area contributed by atoms with Crippen LogP contribution >= 0.6 is 0 Å². The fraction of sp³-hybridized carbons (Fsp3) is 0.316. The van der Waals surface area contributed by atoms with E-state index in [2.05, 4.69) is 0 Å². The highest BCUT2D eigenvalue weighted by atomic mass is 19.1. The topological polar surface area (TPSA) is 59.0 Å². The summed E-state index contributed by atoms with van der Waals surface area (Å²) in [7, 11) is 0. The largest absolute Gasteiger partial charge is 0.485 e. The van der Waals surface area contributed by atoms with Crippen molar-refractivity contribution in [2.24, 2.45) is 0 Å². The Morgan fingerprint density at radius 1 is 1.20 bits per heavy atom. The zero-order valence-corrected chi connectivity index (χ0v) is 13.7. The summed E-state index contributed by atoms with van der Waals surface area (Å²) in [4.78, 5) is 13.9. The highest BCUT2D eigenvalue weighted by Crippen LogP contribution is 2.21. The Hall–Kier alpha value is -2.60. The normalized spacial score (nSPS) is 16.7. The molecule has 1 aliphatic heterocycles. The number of nitrogens with zero attached hydrogens (tertiary/aromatic N) is 1. The summed E-state index contributed by atoms with van der Waals surface area (Å²) in [5, 5.41) is 9.00. The van der Waals surface area contributed by atoms with Gasteiger partial charge in [0, 0.05) is 13.0 Å². The lowest BCUT2D eigenvalue weighted by atomic mass is 10.2. The summed E-state index contributed by atoms with van der Waals surface area (Å²) in [5.74, 6) is 0.249. The Kier molecular flexibility index (Phi) is 5.50. The van der Waals surface area contributed by atoms with E-state index in [1.54, 1.807) is 47.4 Å². The molecule has 132 valence electrons. The molecule has 2 aromatic carbocycles. The van der Waals surface area contributed by atoms with Gasteiger partial charge in [0.25, 0.3) is 5.91 Å². The van der Waals surface area contributed by atoms with Crippen molar-refractivity contribution in [2.45, 2.75) is 19.1 Å².